The molecule has 1 saturated carbocycles. The van der Waals surface area contributed by atoms with E-state index in [-0.39, 0.29) is 17.7 Å². The largest absolute Gasteiger partial charge is 0.368 e. The van der Waals surface area contributed by atoms with E-state index in [2.05, 4.69) is 5.32 Å². The third-order valence-electron chi connectivity index (χ3n) is 2.77. The Bertz CT molecular complexity index is 236. The van der Waals surface area contributed by atoms with Crippen LogP contribution >= 0.6 is 0 Å². The van der Waals surface area contributed by atoms with Gasteiger partial charge in [0.15, 0.2) is 0 Å². The lowest BCUT2D eigenvalue weighted by atomic mass is 9.98. The molecule has 0 aliphatic heterocycles. The average molecular weight is 198 g/mol. The summed E-state index contributed by atoms with van der Waals surface area (Å²) in [5, 5.41) is 2.72. The maximum atomic E-state index is 11.4. The number of amides is 2. The molecule has 0 radical (unpaired) electrons. The fourth-order valence-electron chi connectivity index (χ4n) is 1.35. The lowest BCUT2D eigenvalue weighted by Gasteiger charge is -2.20. The van der Waals surface area contributed by atoms with E-state index in [0.717, 1.165) is 19.3 Å². The highest BCUT2D eigenvalue weighted by molar-refractivity contribution is 5.88. The minimum Gasteiger partial charge on any atom is -0.368 e. The summed E-state index contributed by atoms with van der Waals surface area (Å²) < 4.78 is 0. The summed E-state index contributed by atoms with van der Waals surface area (Å²) in [6.07, 6.45) is 2.72. The molecular weight excluding hydrogens is 180 g/mol. The van der Waals surface area contributed by atoms with Crippen LogP contribution in [0.25, 0.3) is 0 Å². The fourth-order valence-corrected chi connectivity index (χ4v) is 1.35. The highest BCUT2D eigenvalue weighted by Gasteiger charge is 2.33. The Hall–Kier alpha value is -1.06. The zero-order valence-electron chi connectivity index (χ0n) is 8.75. The van der Waals surface area contributed by atoms with Crippen molar-refractivity contribution in [2.45, 2.75) is 39.2 Å². The van der Waals surface area contributed by atoms with Crippen molar-refractivity contribution in [2.24, 2.45) is 17.6 Å². The van der Waals surface area contributed by atoms with Crippen molar-refractivity contribution in [1.82, 2.24) is 5.32 Å². The van der Waals surface area contributed by atoms with E-state index in [4.69, 9.17) is 5.73 Å². The molecule has 1 rings (SSSR count). The van der Waals surface area contributed by atoms with Gasteiger partial charge < -0.3 is 11.1 Å². The number of nitrogens with one attached hydrogen (secondary N) is 1. The smallest absolute Gasteiger partial charge is 0.240 e. The molecule has 0 aromatic heterocycles. The van der Waals surface area contributed by atoms with Gasteiger partial charge in [0.1, 0.15) is 6.04 Å². The molecular formula is C10H18N2O2. The van der Waals surface area contributed by atoms with Crippen LogP contribution in [0.3, 0.4) is 0 Å². The normalized spacial score (nSPS) is 19.9. The van der Waals surface area contributed by atoms with Gasteiger partial charge in [0, 0.05) is 5.92 Å². The van der Waals surface area contributed by atoms with Gasteiger partial charge in [-0.1, -0.05) is 20.3 Å². The Kier molecular flexibility index (Phi) is 3.49. The minimum absolute atomic E-state index is 0.0194. The van der Waals surface area contributed by atoms with Crippen LogP contribution in [0.2, 0.25) is 0 Å². The molecule has 1 aliphatic rings. The SMILES string of the molecule is CC[C@H](C)[C@@H](NC(=O)C1CC1)C(N)=O. The van der Waals surface area contributed by atoms with Gasteiger partial charge in [-0.3, -0.25) is 9.59 Å². The number of primary amides is 1. The molecule has 0 aromatic carbocycles. The molecule has 0 saturated heterocycles. The Morgan fingerprint density at radius 2 is 2.07 bits per heavy atom. The summed E-state index contributed by atoms with van der Waals surface area (Å²) >= 11 is 0. The van der Waals surface area contributed by atoms with Crippen LogP contribution in [0.4, 0.5) is 0 Å². The summed E-state index contributed by atoms with van der Waals surface area (Å²) in [5.74, 6) is -0.224. The van der Waals surface area contributed by atoms with Gasteiger partial charge in [-0.05, 0) is 18.8 Å². The van der Waals surface area contributed by atoms with Crippen LogP contribution in [0.15, 0.2) is 0 Å². The number of rotatable bonds is 5. The topological polar surface area (TPSA) is 72.2 Å². The van der Waals surface area contributed by atoms with Crippen LogP contribution in [-0.2, 0) is 9.59 Å². The minimum atomic E-state index is -0.506. The summed E-state index contributed by atoms with van der Waals surface area (Å²) in [6.45, 7) is 3.90. The monoisotopic (exact) mass is 198 g/mol. The van der Waals surface area contributed by atoms with Gasteiger partial charge >= 0.3 is 0 Å². The number of hydrogen-bond donors (Lipinski definition) is 2. The molecule has 3 N–H and O–H groups in total. The molecule has 0 heterocycles. The average Bonchev–Trinajstić information content (AvgIpc) is 2.95. The van der Waals surface area contributed by atoms with E-state index >= 15 is 0 Å². The van der Waals surface area contributed by atoms with Crippen LogP contribution < -0.4 is 11.1 Å². The van der Waals surface area contributed by atoms with Gasteiger partial charge in [0.05, 0.1) is 0 Å². The second-order valence-corrected chi connectivity index (χ2v) is 4.05. The van der Waals surface area contributed by atoms with Crippen molar-refractivity contribution in [2.75, 3.05) is 0 Å². The van der Waals surface area contributed by atoms with E-state index in [1.54, 1.807) is 0 Å². The molecule has 80 valence electrons. The number of nitrogens with two attached hydrogens (primary N) is 1. The lowest BCUT2D eigenvalue weighted by molar-refractivity contribution is -0.129. The summed E-state index contributed by atoms with van der Waals surface area (Å²) in [5.41, 5.74) is 5.23. The molecule has 14 heavy (non-hydrogen) atoms. The molecule has 0 aromatic rings. The quantitative estimate of drug-likeness (QED) is 0.671. The summed E-state index contributed by atoms with van der Waals surface area (Å²) in [6, 6.07) is -0.506. The third kappa shape index (κ3) is 2.72. The predicted molar refractivity (Wildman–Crippen MR) is 53.3 cm³/mol. The molecule has 4 heteroatoms. The van der Waals surface area contributed by atoms with E-state index in [9.17, 15) is 9.59 Å². The summed E-state index contributed by atoms with van der Waals surface area (Å²) in [7, 11) is 0. The fraction of sp³-hybridized carbons (Fsp3) is 0.800. The summed E-state index contributed by atoms with van der Waals surface area (Å²) in [4.78, 5) is 22.5. The van der Waals surface area contributed by atoms with E-state index in [1.807, 2.05) is 13.8 Å². The Balaban J connectivity index is 2.49. The molecule has 1 aliphatic carbocycles. The van der Waals surface area contributed by atoms with Crippen molar-refractivity contribution in [1.29, 1.82) is 0 Å². The van der Waals surface area contributed by atoms with Gasteiger partial charge in [-0.25, -0.2) is 0 Å². The first-order valence-corrected chi connectivity index (χ1v) is 5.16. The molecule has 0 unspecified atom stereocenters. The van der Waals surface area contributed by atoms with Crippen LogP contribution in [-0.4, -0.2) is 17.9 Å². The molecule has 2 amide bonds. The Morgan fingerprint density at radius 1 is 1.50 bits per heavy atom. The number of carbonyl (C=O) groups is 2. The lowest BCUT2D eigenvalue weighted by Crippen LogP contribution is -2.48. The van der Waals surface area contributed by atoms with Crippen LogP contribution in [0, 0.1) is 11.8 Å². The van der Waals surface area contributed by atoms with E-state index in [1.165, 1.54) is 0 Å². The highest BCUT2D eigenvalue weighted by atomic mass is 16.2. The predicted octanol–water partition coefficient (Wildman–Crippen LogP) is 0.413. The molecule has 0 spiro atoms. The van der Waals surface area contributed by atoms with Crippen molar-refractivity contribution < 1.29 is 9.59 Å². The van der Waals surface area contributed by atoms with Crippen LogP contribution in [0.1, 0.15) is 33.1 Å². The van der Waals surface area contributed by atoms with Gasteiger partial charge in [-0.2, -0.15) is 0 Å². The molecule has 1 fully saturated rings. The Morgan fingerprint density at radius 3 is 2.43 bits per heavy atom. The van der Waals surface area contributed by atoms with Crippen molar-refractivity contribution in [3.63, 3.8) is 0 Å². The first kappa shape index (κ1) is 11.0. The third-order valence-corrected chi connectivity index (χ3v) is 2.77. The van der Waals surface area contributed by atoms with Crippen molar-refractivity contribution in [3.8, 4) is 0 Å². The first-order valence-electron chi connectivity index (χ1n) is 5.16. The standard InChI is InChI=1S/C10H18N2O2/c1-3-6(2)8(9(11)13)12-10(14)7-4-5-7/h6-8H,3-5H2,1-2H3,(H2,11,13)(H,12,14)/t6-,8+/m0/s1. The zero-order valence-corrected chi connectivity index (χ0v) is 8.75. The van der Waals surface area contributed by atoms with Gasteiger partial charge in [0.2, 0.25) is 11.8 Å². The van der Waals surface area contributed by atoms with E-state index in [0.29, 0.717) is 0 Å². The van der Waals surface area contributed by atoms with Crippen molar-refractivity contribution in [3.05, 3.63) is 0 Å². The Labute approximate surface area is 84.2 Å². The zero-order chi connectivity index (χ0) is 10.7. The number of carbonyl (C=O) groups excluding carboxylic acids is 2. The molecule has 4 nitrogen and oxygen atoms in total. The second-order valence-electron chi connectivity index (χ2n) is 4.05. The molecule has 2 atom stereocenters. The van der Waals surface area contributed by atoms with E-state index < -0.39 is 11.9 Å². The molecule has 0 bridgehead atoms. The highest BCUT2D eigenvalue weighted by Crippen LogP contribution is 2.29. The van der Waals surface area contributed by atoms with Crippen LogP contribution in [0.5, 0.6) is 0 Å². The second kappa shape index (κ2) is 4.44. The number of hydrogen-bond acceptors (Lipinski definition) is 2. The van der Waals surface area contributed by atoms with Crippen molar-refractivity contribution >= 4 is 11.8 Å². The van der Waals surface area contributed by atoms with Gasteiger partial charge in [0.25, 0.3) is 0 Å². The maximum Gasteiger partial charge on any atom is 0.240 e. The first-order chi connectivity index (χ1) is 6.56. The van der Waals surface area contributed by atoms with Gasteiger partial charge in [-0.15, -0.1) is 0 Å². The maximum absolute atomic E-state index is 11.4.